The zero-order valence-corrected chi connectivity index (χ0v) is 21.6. The van der Waals surface area contributed by atoms with E-state index in [0.29, 0.717) is 39.2 Å². The number of dihydropyridines is 1. The van der Waals surface area contributed by atoms with Crippen molar-refractivity contribution in [2.24, 2.45) is 0 Å². The quantitative estimate of drug-likeness (QED) is 0.355. The molecular formula is C26H26Cl2N4O4. The van der Waals surface area contributed by atoms with Gasteiger partial charge in [0, 0.05) is 18.8 Å². The molecule has 0 spiro atoms. The average Bonchev–Trinajstić information content (AvgIpc) is 3.37. The highest BCUT2D eigenvalue weighted by Crippen LogP contribution is 2.46. The van der Waals surface area contributed by atoms with E-state index >= 15 is 0 Å². The van der Waals surface area contributed by atoms with Crippen LogP contribution in [-0.2, 0) is 16.0 Å². The van der Waals surface area contributed by atoms with Crippen LogP contribution in [-0.4, -0.2) is 41.5 Å². The Bertz CT molecular complexity index is 1280. The first-order valence-corrected chi connectivity index (χ1v) is 12.1. The van der Waals surface area contributed by atoms with Crippen LogP contribution in [0.3, 0.4) is 0 Å². The van der Waals surface area contributed by atoms with Gasteiger partial charge in [0.2, 0.25) is 12.3 Å². The van der Waals surface area contributed by atoms with Gasteiger partial charge in [0.15, 0.2) is 0 Å². The van der Waals surface area contributed by atoms with E-state index in [4.69, 9.17) is 37.1 Å². The third-order valence-electron chi connectivity index (χ3n) is 5.76. The number of hydrogen-bond donors (Lipinski definition) is 1. The number of carbonyl (C=O) groups is 1. The Morgan fingerprint density at radius 1 is 1.11 bits per heavy atom. The fraction of sp³-hybridized carbons (Fsp3) is 0.269. The molecule has 0 radical (unpaired) electrons. The van der Waals surface area contributed by atoms with E-state index < -0.39 is 12.1 Å². The number of rotatable bonds is 8. The predicted octanol–water partition coefficient (Wildman–Crippen LogP) is 6.01. The van der Waals surface area contributed by atoms with Gasteiger partial charge in [-0.2, -0.15) is 0 Å². The minimum Gasteiger partial charge on any atom is -0.433 e. The number of ether oxygens (including phenoxy) is 2. The second kappa shape index (κ2) is 11.6. The first-order chi connectivity index (χ1) is 17.3. The van der Waals surface area contributed by atoms with Gasteiger partial charge >= 0.3 is 6.16 Å². The number of hydrogen-bond acceptors (Lipinski definition) is 8. The third kappa shape index (κ3) is 5.90. The van der Waals surface area contributed by atoms with Crippen molar-refractivity contribution in [3.05, 3.63) is 99.1 Å². The Hall–Kier alpha value is -3.33. The molecule has 1 unspecified atom stereocenters. The van der Waals surface area contributed by atoms with E-state index in [2.05, 4.69) is 32.5 Å². The molecule has 8 nitrogen and oxygen atoms in total. The van der Waals surface area contributed by atoms with E-state index in [-0.39, 0.29) is 12.5 Å². The summed E-state index contributed by atoms with van der Waals surface area (Å²) in [5.74, 6) is -0.0580. The maximum Gasteiger partial charge on any atom is 0.513 e. The number of nitrogens with zero attached hydrogens (tertiary/aromatic N) is 3. The summed E-state index contributed by atoms with van der Waals surface area (Å²) in [7, 11) is 1.96. The van der Waals surface area contributed by atoms with Gasteiger partial charge in [0.1, 0.15) is 12.4 Å². The van der Waals surface area contributed by atoms with Crippen molar-refractivity contribution in [3.63, 3.8) is 0 Å². The van der Waals surface area contributed by atoms with Crippen molar-refractivity contribution < 1.29 is 18.7 Å². The highest BCUT2D eigenvalue weighted by Gasteiger charge is 2.37. The molecule has 4 rings (SSSR count). The number of aromatic nitrogens is 2. The summed E-state index contributed by atoms with van der Waals surface area (Å²) in [6.45, 7) is 5.11. The molecule has 1 atom stereocenters. The van der Waals surface area contributed by atoms with Crippen LogP contribution in [0.4, 0.5) is 4.79 Å². The van der Waals surface area contributed by atoms with Gasteiger partial charge in [-0.1, -0.05) is 65.7 Å². The SMILES string of the molecule is CC1=C(OC(=O)OCCN(C)Cc2ccccc2)C(c2cccc(Cl)c2Cl)C(c2nnco2)=C(C)N1. The summed E-state index contributed by atoms with van der Waals surface area (Å²) < 4.78 is 16.7. The minimum atomic E-state index is -0.827. The lowest BCUT2D eigenvalue weighted by molar-refractivity contribution is 0.0661. The van der Waals surface area contributed by atoms with Crippen LogP contribution in [0, 0.1) is 0 Å². The van der Waals surface area contributed by atoms with E-state index in [1.807, 2.05) is 38.2 Å². The van der Waals surface area contributed by atoms with Gasteiger partial charge in [-0.15, -0.1) is 10.2 Å². The average molecular weight is 529 g/mol. The highest BCUT2D eigenvalue weighted by molar-refractivity contribution is 6.42. The topological polar surface area (TPSA) is 89.7 Å². The molecule has 0 amide bonds. The van der Waals surface area contributed by atoms with Crippen molar-refractivity contribution in [1.29, 1.82) is 0 Å². The maximum atomic E-state index is 12.7. The number of likely N-dealkylation sites (N-methyl/N-ethyl adjacent to an activating group) is 1. The van der Waals surface area contributed by atoms with Crippen LogP contribution in [0.2, 0.25) is 10.0 Å². The zero-order valence-electron chi connectivity index (χ0n) is 20.1. The summed E-state index contributed by atoms with van der Waals surface area (Å²) in [5, 5.41) is 11.8. The van der Waals surface area contributed by atoms with Gasteiger partial charge in [0.05, 0.1) is 27.2 Å². The maximum absolute atomic E-state index is 12.7. The Morgan fingerprint density at radius 3 is 2.61 bits per heavy atom. The highest BCUT2D eigenvalue weighted by atomic mass is 35.5. The molecule has 36 heavy (non-hydrogen) atoms. The van der Waals surface area contributed by atoms with Gasteiger partial charge in [0.25, 0.3) is 0 Å². The largest absolute Gasteiger partial charge is 0.513 e. The van der Waals surface area contributed by atoms with Crippen molar-refractivity contribution in [1.82, 2.24) is 20.4 Å². The van der Waals surface area contributed by atoms with Gasteiger partial charge in [-0.25, -0.2) is 4.79 Å². The molecule has 0 bridgehead atoms. The van der Waals surface area contributed by atoms with E-state index in [0.717, 1.165) is 12.2 Å². The molecule has 1 N–H and O–H groups in total. The van der Waals surface area contributed by atoms with Crippen LogP contribution in [0.15, 0.2) is 76.5 Å². The smallest absolute Gasteiger partial charge is 0.433 e. The molecule has 0 saturated carbocycles. The molecule has 2 heterocycles. The minimum absolute atomic E-state index is 0.163. The fourth-order valence-electron chi connectivity index (χ4n) is 4.10. The Kier molecular flexibility index (Phi) is 8.30. The number of halogens is 2. The van der Waals surface area contributed by atoms with Crippen molar-refractivity contribution in [2.75, 3.05) is 20.2 Å². The molecule has 2 aromatic carbocycles. The lowest BCUT2D eigenvalue weighted by Gasteiger charge is -2.30. The molecule has 10 heteroatoms. The number of benzene rings is 2. The van der Waals surface area contributed by atoms with Crippen LogP contribution >= 0.6 is 23.2 Å². The van der Waals surface area contributed by atoms with Gasteiger partial charge in [-0.05, 0) is 38.1 Å². The van der Waals surface area contributed by atoms with Crippen molar-refractivity contribution in [2.45, 2.75) is 26.3 Å². The van der Waals surface area contributed by atoms with E-state index in [9.17, 15) is 4.79 Å². The summed E-state index contributed by atoms with van der Waals surface area (Å²) >= 11 is 12.9. The molecule has 0 fully saturated rings. The molecule has 1 aliphatic heterocycles. The third-order valence-corrected chi connectivity index (χ3v) is 6.60. The Morgan fingerprint density at radius 2 is 1.89 bits per heavy atom. The molecule has 1 aliphatic rings. The standard InChI is InChI=1S/C26H26Cl2N4O4/c1-16-21(25-31-29-15-35-25)22(19-10-7-11-20(27)23(19)28)24(17(2)30-16)36-26(33)34-13-12-32(3)14-18-8-5-4-6-9-18/h4-11,15,22,30H,12-14H2,1-3H3. The molecular weight excluding hydrogens is 503 g/mol. The summed E-state index contributed by atoms with van der Waals surface area (Å²) in [4.78, 5) is 14.8. The van der Waals surface area contributed by atoms with Crippen molar-refractivity contribution >= 4 is 34.9 Å². The van der Waals surface area contributed by atoms with Crippen molar-refractivity contribution in [3.8, 4) is 0 Å². The first-order valence-electron chi connectivity index (χ1n) is 11.3. The summed E-state index contributed by atoms with van der Waals surface area (Å²) in [6.07, 6.45) is 0.407. The second-order valence-corrected chi connectivity index (χ2v) is 9.18. The lowest BCUT2D eigenvalue weighted by Crippen LogP contribution is -2.28. The Balaban J connectivity index is 1.51. The van der Waals surface area contributed by atoms with Crippen LogP contribution in [0.25, 0.3) is 5.57 Å². The molecule has 3 aromatic rings. The molecule has 1 aromatic heterocycles. The van der Waals surface area contributed by atoms with E-state index in [1.165, 1.54) is 12.0 Å². The second-order valence-electron chi connectivity index (χ2n) is 8.40. The number of carbonyl (C=O) groups excluding carboxylic acids is 1. The molecule has 188 valence electrons. The first kappa shape index (κ1) is 25.8. The zero-order chi connectivity index (χ0) is 25.7. The van der Waals surface area contributed by atoms with Gasteiger partial charge < -0.3 is 19.2 Å². The van der Waals surface area contributed by atoms with E-state index in [1.54, 1.807) is 19.1 Å². The van der Waals surface area contributed by atoms with Crippen LogP contribution < -0.4 is 5.32 Å². The normalized spacial score (nSPS) is 15.8. The van der Waals surface area contributed by atoms with Gasteiger partial charge in [-0.3, -0.25) is 4.90 Å². The van der Waals surface area contributed by atoms with Crippen LogP contribution in [0.5, 0.6) is 0 Å². The molecule has 0 saturated heterocycles. The monoisotopic (exact) mass is 528 g/mol. The molecule has 0 aliphatic carbocycles. The number of allylic oxidation sites excluding steroid dienone is 3. The lowest BCUT2D eigenvalue weighted by atomic mass is 9.85. The summed E-state index contributed by atoms with van der Waals surface area (Å²) in [6, 6.07) is 15.3. The summed E-state index contributed by atoms with van der Waals surface area (Å²) in [5.41, 5.74) is 3.79. The fourth-order valence-corrected chi connectivity index (χ4v) is 4.52. The Labute approximate surface area is 219 Å². The predicted molar refractivity (Wildman–Crippen MR) is 137 cm³/mol. The number of nitrogens with one attached hydrogen (secondary N) is 1. The van der Waals surface area contributed by atoms with Crippen LogP contribution in [0.1, 0.15) is 36.8 Å².